The van der Waals surface area contributed by atoms with E-state index >= 15 is 0 Å². The lowest BCUT2D eigenvalue weighted by Crippen LogP contribution is -2.20. The molecule has 0 unspecified atom stereocenters. The van der Waals surface area contributed by atoms with E-state index in [-0.39, 0.29) is 17.6 Å². The number of hydrogen-bond acceptors (Lipinski definition) is 5. The lowest BCUT2D eigenvalue weighted by Gasteiger charge is -2.10. The number of nitrogens with zero attached hydrogens (tertiary/aromatic N) is 2. The van der Waals surface area contributed by atoms with Crippen molar-refractivity contribution in [3.8, 4) is 11.3 Å². The molecule has 2 amide bonds. The quantitative estimate of drug-likeness (QED) is 0.200. The van der Waals surface area contributed by atoms with E-state index in [1.807, 2.05) is 42.5 Å². The molecule has 5 aromatic rings. The minimum atomic E-state index is -0.367. The summed E-state index contributed by atoms with van der Waals surface area (Å²) < 4.78 is 5.10. The van der Waals surface area contributed by atoms with Gasteiger partial charge in [-0.2, -0.15) is 5.10 Å². The van der Waals surface area contributed by atoms with Crippen molar-refractivity contribution < 1.29 is 14.0 Å². The maximum Gasteiger partial charge on any atom is 0.291 e. The van der Waals surface area contributed by atoms with Crippen LogP contribution in [0.5, 0.6) is 0 Å². The minimum absolute atomic E-state index is 0.228. The van der Waals surface area contributed by atoms with Gasteiger partial charge in [-0.15, -0.1) is 0 Å². The summed E-state index contributed by atoms with van der Waals surface area (Å²) in [5.41, 5.74) is 7.10. The number of benzene rings is 3. The van der Waals surface area contributed by atoms with Crippen molar-refractivity contribution in [3.63, 3.8) is 0 Å². The first kappa shape index (κ1) is 24.0. The number of pyridine rings is 1. The molecular formula is C29H21ClN4O3. The number of carbonyl (C=O) groups excluding carboxylic acids is 2. The molecule has 0 bridgehead atoms. The fourth-order valence-electron chi connectivity index (χ4n) is 3.82. The molecule has 0 saturated carbocycles. The Morgan fingerprint density at radius 1 is 0.892 bits per heavy atom. The monoisotopic (exact) mass is 508 g/mol. The molecule has 3 aromatic carbocycles. The van der Waals surface area contributed by atoms with Gasteiger partial charge in [-0.1, -0.05) is 60.1 Å². The van der Waals surface area contributed by atoms with Crippen LogP contribution in [-0.4, -0.2) is 22.5 Å². The summed E-state index contributed by atoms with van der Waals surface area (Å²) >= 11 is 6.39. The first-order valence-corrected chi connectivity index (χ1v) is 11.8. The van der Waals surface area contributed by atoms with Gasteiger partial charge in [-0.3, -0.25) is 9.59 Å². The van der Waals surface area contributed by atoms with E-state index in [9.17, 15) is 9.59 Å². The predicted octanol–water partition coefficient (Wildman–Crippen LogP) is 6.55. The second-order valence-corrected chi connectivity index (χ2v) is 8.61. The van der Waals surface area contributed by atoms with Crippen LogP contribution in [0.4, 0.5) is 5.69 Å². The zero-order chi connectivity index (χ0) is 25.8. The summed E-state index contributed by atoms with van der Waals surface area (Å²) in [4.78, 5) is 30.1. The maximum absolute atomic E-state index is 13.2. The van der Waals surface area contributed by atoms with E-state index in [0.717, 1.165) is 11.1 Å². The Morgan fingerprint density at radius 3 is 2.41 bits per heavy atom. The number of para-hydroxylation sites is 1. The predicted molar refractivity (Wildman–Crippen MR) is 145 cm³/mol. The largest absolute Gasteiger partial charge is 0.459 e. The molecule has 0 saturated heterocycles. The molecule has 5 rings (SSSR count). The van der Waals surface area contributed by atoms with Gasteiger partial charge in [0, 0.05) is 21.7 Å². The van der Waals surface area contributed by atoms with Gasteiger partial charge >= 0.3 is 0 Å². The fourth-order valence-corrected chi connectivity index (χ4v) is 4.06. The lowest BCUT2D eigenvalue weighted by molar-refractivity contribution is 0.0955. The molecule has 8 heteroatoms. The maximum atomic E-state index is 13.2. The van der Waals surface area contributed by atoms with Crippen molar-refractivity contribution in [2.75, 3.05) is 5.32 Å². The second-order valence-electron chi connectivity index (χ2n) is 8.20. The molecule has 0 aliphatic carbocycles. The van der Waals surface area contributed by atoms with Gasteiger partial charge in [0.1, 0.15) is 0 Å². The smallest absolute Gasteiger partial charge is 0.291 e. The summed E-state index contributed by atoms with van der Waals surface area (Å²) in [6, 6.07) is 26.9. The standard InChI is InChI=1S/C29H21ClN4O3/c1-18(19-12-14-20(15-13-19)31-29(36)27-11-6-16-37-27)33-34-28(35)23-17-26(22-8-2-4-9-24(22)30)32-25-10-5-3-7-21(23)25/h2-17H,1H3,(H,31,36)(H,34,35)/b33-18-. The number of furan rings is 1. The van der Waals surface area contributed by atoms with Crippen LogP contribution in [0.1, 0.15) is 33.4 Å². The minimum Gasteiger partial charge on any atom is -0.459 e. The van der Waals surface area contributed by atoms with Gasteiger partial charge < -0.3 is 9.73 Å². The highest BCUT2D eigenvalue weighted by Crippen LogP contribution is 2.29. The molecule has 7 nitrogen and oxygen atoms in total. The van der Waals surface area contributed by atoms with Crippen LogP contribution in [0.2, 0.25) is 5.02 Å². The number of aromatic nitrogens is 1. The molecule has 2 N–H and O–H groups in total. The third-order valence-electron chi connectivity index (χ3n) is 5.74. The van der Waals surface area contributed by atoms with Crippen molar-refractivity contribution in [1.82, 2.24) is 10.4 Å². The van der Waals surface area contributed by atoms with Gasteiger partial charge in [-0.25, -0.2) is 10.4 Å². The summed E-state index contributed by atoms with van der Waals surface area (Å²) in [6.07, 6.45) is 1.44. The zero-order valence-electron chi connectivity index (χ0n) is 19.7. The van der Waals surface area contributed by atoms with E-state index in [1.54, 1.807) is 55.5 Å². The Kier molecular flexibility index (Phi) is 6.78. The van der Waals surface area contributed by atoms with E-state index < -0.39 is 0 Å². The Morgan fingerprint density at radius 2 is 1.65 bits per heavy atom. The van der Waals surface area contributed by atoms with Gasteiger partial charge in [0.25, 0.3) is 11.8 Å². The highest BCUT2D eigenvalue weighted by Gasteiger charge is 2.15. The molecule has 0 aliphatic rings. The molecule has 0 fully saturated rings. The number of rotatable bonds is 6. The van der Waals surface area contributed by atoms with Crippen molar-refractivity contribution in [1.29, 1.82) is 0 Å². The first-order chi connectivity index (χ1) is 18.0. The number of hydrogen-bond donors (Lipinski definition) is 2. The first-order valence-electron chi connectivity index (χ1n) is 11.4. The van der Waals surface area contributed by atoms with E-state index in [2.05, 4.69) is 15.8 Å². The number of hydrazone groups is 1. The molecule has 2 heterocycles. The molecule has 0 atom stereocenters. The molecule has 0 spiro atoms. The van der Waals surface area contributed by atoms with Gasteiger partial charge in [0.2, 0.25) is 0 Å². The van der Waals surface area contributed by atoms with Crippen LogP contribution in [0, 0.1) is 0 Å². The van der Waals surface area contributed by atoms with Crippen LogP contribution in [0.3, 0.4) is 0 Å². The molecule has 0 radical (unpaired) electrons. The summed E-state index contributed by atoms with van der Waals surface area (Å²) in [7, 11) is 0. The highest BCUT2D eigenvalue weighted by molar-refractivity contribution is 6.33. The zero-order valence-corrected chi connectivity index (χ0v) is 20.5. The average Bonchev–Trinajstić information content (AvgIpc) is 3.47. The summed E-state index contributed by atoms with van der Waals surface area (Å²) in [5.74, 6) is -0.476. The number of nitrogens with one attached hydrogen (secondary N) is 2. The Bertz CT molecular complexity index is 1630. The third kappa shape index (κ3) is 5.27. The van der Waals surface area contributed by atoms with Gasteiger partial charge in [0.05, 0.1) is 28.7 Å². The molecule has 182 valence electrons. The number of fused-ring (bicyclic) bond motifs is 1. The molecule has 2 aromatic heterocycles. The lowest BCUT2D eigenvalue weighted by atomic mass is 10.0. The summed E-state index contributed by atoms with van der Waals surface area (Å²) in [5, 5.41) is 8.32. The number of carbonyl (C=O) groups is 2. The van der Waals surface area contributed by atoms with Gasteiger partial charge in [-0.05, 0) is 55.0 Å². The SMILES string of the molecule is C/C(=N/NC(=O)c1cc(-c2ccccc2Cl)nc2ccccc12)c1ccc(NC(=O)c2ccco2)cc1. The third-order valence-corrected chi connectivity index (χ3v) is 6.07. The van der Waals surface area contributed by atoms with Crippen LogP contribution in [-0.2, 0) is 0 Å². The highest BCUT2D eigenvalue weighted by atomic mass is 35.5. The normalized spacial score (nSPS) is 11.4. The Balaban J connectivity index is 1.36. The van der Waals surface area contributed by atoms with Crippen molar-refractivity contribution >= 4 is 45.7 Å². The van der Waals surface area contributed by atoms with Crippen LogP contribution >= 0.6 is 11.6 Å². The van der Waals surface area contributed by atoms with Crippen molar-refractivity contribution in [3.05, 3.63) is 119 Å². The van der Waals surface area contributed by atoms with Crippen LogP contribution < -0.4 is 10.7 Å². The van der Waals surface area contributed by atoms with Crippen molar-refractivity contribution in [2.24, 2.45) is 5.10 Å². The fraction of sp³-hybridized carbons (Fsp3) is 0.0345. The van der Waals surface area contributed by atoms with Crippen LogP contribution in [0.15, 0.2) is 107 Å². The Hall–Kier alpha value is -4.75. The average molecular weight is 509 g/mol. The molecule has 37 heavy (non-hydrogen) atoms. The Labute approximate surface area is 217 Å². The summed E-state index contributed by atoms with van der Waals surface area (Å²) in [6.45, 7) is 1.79. The number of anilines is 1. The topological polar surface area (TPSA) is 96.6 Å². The van der Waals surface area contributed by atoms with Crippen LogP contribution in [0.25, 0.3) is 22.2 Å². The second kappa shape index (κ2) is 10.5. The van der Waals surface area contributed by atoms with Crippen molar-refractivity contribution in [2.45, 2.75) is 6.92 Å². The molecular weight excluding hydrogens is 488 g/mol. The number of amides is 2. The van der Waals surface area contributed by atoms with E-state index in [0.29, 0.717) is 38.6 Å². The van der Waals surface area contributed by atoms with E-state index in [1.165, 1.54) is 6.26 Å². The van der Waals surface area contributed by atoms with E-state index in [4.69, 9.17) is 21.0 Å². The van der Waals surface area contributed by atoms with Gasteiger partial charge in [0.15, 0.2) is 5.76 Å². The molecule has 0 aliphatic heterocycles. The number of halogens is 1.